The second-order valence-corrected chi connectivity index (χ2v) is 4.87. The van der Waals surface area contributed by atoms with Crippen LogP contribution < -0.4 is 0 Å². The number of carbonyl (C=O) groups is 1. The number of carboxylic acids is 1. The van der Waals surface area contributed by atoms with Crippen LogP contribution in [-0.2, 0) is 5.54 Å². The van der Waals surface area contributed by atoms with Gasteiger partial charge in [0.15, 0.2) is 0 Å². The standard InChI is InChI=1S/C14H18N2O4/c1-3-14(7-17,8-18)16-9(2)15-11-6-4-5-10(12(11)16)13(19)20/h4-6,17-18H,3,7-8H2,1-2H3,(H,19,20). The average Bonchev–Trinajstić information content (AvgIpc) is 2.78. The molecule has 0 saturated carbocycles. The maximum atomic E-state index is 11.4. The van der Waals surface area contributed by atoms with Gasteiger partial charge in [-0.1, -0.05) is 13.0 Å². The molecular formula is C14H18N2O4. The van der Waals surface area contributed by atoms with E-state index in [4.69, 9.17) is 0 Å². The van der Waals surface area contributed by atoms with Gasteiger partial charge < -0.3 is 19.9 Å². The van der Waals surface area contributed by atoms with Gasteiger partial charge in [0.1, 0.15) is 5.82 Å². The van der Waals surface area contributed by atoms with Gasteiger partial charge in [-0.15, -0.1) is 0 Å². The highest BCUT2D eigenvalue weighted by Crippen LogP contribution is 2.30. The second-order valence-electron chi connectivity index (χ2n) is 4.87. The Morgan fingerprint density at radius 2 is 2.00 bits per heavy atom. The van der Waals surface area contributed by atoms with Crippen molar-refractivity contribution in [1.29, 1.82) is 0 Å². The number of imidazole rings is 1. The summed E-state index contributed by atoms with van der Waals surface area (Å²) in [6, 6.07) is 4.85. The highest BCUT2D eigenvalue weighted by molar-refractivity contribution is 6.01. The van der Waals surface area contributed by atoms with Crippen LogP contribution in [0.2, 0.25) is 0 Å². The zero-order valence-corrected chi connectivity index (χ0v) is 11.5. The smallest absolute Gasteiger partial charge is 0.337 e. The largest absolute Gasteiger partial charge is 0.478 e. The van der Waals surface area contributed by atoms with Crippen molar-refractivity contribution in [3.63, 3.8) is 0 Å². The predicted octanol–water partition coefficient (Wildman–Crippen LogP) is 1.13. The van der Waals surface area contributed by atoms with E-state index < -0.39 is 11.5 Å². The molecule has 0 aliphatic heterocycles. The van der Waals surface area contributed by atoms with E-state index in [2.05, 4.69) is 4.98 Å². The third-order valence-corrected chi connectivity index (χ3v) is 3.80. The topological polar surface area (TPSA) is 95.6 Å². The first-order chi connectivity index (χ1) is 9.50. The maximum Gasteiger partial charge on any atom is 0.337 e. The van der Waals surface area contributed by atoms with Crippen molar-refractivity contribution >= 4 is 17.0 Å². The normalized spacial score (nSPS) is 12.0. The van der Waals surface area contributed by atoms with Crippen LogP contribution in [0.4, 0.5) is 0 Å². The van der Waals surface area contributed by atoms with E-state index in [1.165, 1.54) is 6.07 Å². The maximum absolute atomic E-state index is 11.4. The summed E-state index contributed by atoms with van der Waals surface area (Å²) in [7, 11) is 0. The van der Waals surface area contributed by atoms with E-state index in [0.29, 0.717) is 23.3 Å². The summed E-state index contributed by atoms with van der Waals surface area (Å²) in [5.74, 6) is -0.490. The zero-order valence-electron chi connectivity index (χ0n) is 11.5. The molecule has 1 heterocycles. The Morgan fingerprint density at radius 1 is 1.35 bits per heavy atom. The van der Waals surface area contributed by atoms with Crippen molar-refractivity contribution in [3.8, 4) is 0 Å². The van der Waals surface area contributed by atoms with Gasteiger partial charge in [0.05, 0.1) is 35.3 Å². The number of hydrogen-bond donors (Lipinski definition) is 3. The minimum atomic E-state index is -1.06. The van der Waals surface area contributed by atoms with Gasteiger partial charge in [0.2, 0.25) is 0 Å². The quantitative estimate of drug-likeness (QED) is 0.762. The van der Waals surface area contributed by atoms with E-state index in [1.807, 2.05) is 6.92 Å². The van der Waals surface area contributed by atoms with Crippen LogP contribution in [0.15, 0.2) is 18.2 Å². The lowest BCUT2D eigenvalue weighted by atomic mass is 9.97. The Morgan fingerprint density at radius 3 is 2.50 bits per heavy atom. The molecule has 0 aliphatic rings. The molecule has 3 N–H and O–H groups in total. The van der Waals surface area contributed by atoms with E-state index in [9.17, 15) is 20.1 Å². The fourth-order valence-electron chi connectivity index (χ4n) is 2.57. The molecule has 0 radical (unpaired) electrons. The number of aromatic carboxylic acids is 1. The molecule has 0 fully saturated rings. The molecule has 0 saturated heterocycles. The monoisotopic (exact) mass is 278 g/mol. The zero-order chi connectivity index (χ0) is 14.9. The average molecular weight is 278 g/mol. The molecule has 0 bridgehead atoms. The van der Waals surface area contributed by atoms with Crippen LogP contribution in [-0.4, -0.2) is 44.1 Å². The van der Waals surface area contributed by atoms with Gasteiger partial charge in [0, 0.05) is 0 Å². The van der Waals surface area contributed by atoms with Crippen molar-refractivity contribution in [1.82, 2.24) is 9.55 Å². The number of aliphatic hydroxyl groups is 2. The Hall–Kier alpha value is -1.92. The van der Waals surface area contributed by atoms with Crippen LogP contribution in [0.25, 0.3) is 11.0 Å². The van der Waals surface area contributed by atoms with Crippen molar-refractivity contribution < 1.29 is 20.1 Å². The van der Waals surface area contributed by atoms with E-state index in [0.717, 1.165) is 0 Å². The van der Waals surface area contributed by atoms with Gasteiger partial charge >= 0.3 is 5.97 Å². The van der Waals surface area contributed by atoms with E-state index in [-0.39, 0.29) is 18.8 Å². The number of nitrogens with zero attached hydrogens (tertiary/aromatic N) is 2. The molecule has 1 aromatic carbocycles. The SMILES string of the molecule is CCC(CO)(CO)n1c(C)nc2cccc(C(=O)O)c21. The van der Waals surface area contributed by atoms with Crippen molar-refractivity contribution in [2.75, 3.05) is 13.2 Å². The van der Waals surface area contributed by atoms with Gasteiger partial charge in [0.25, 0.3) is 0 Å². The Kier molecular flexibility index (Phi) is 3.78. The molecule has 0 amide bonds. The summed E-state index contributed by atoms with van der Waals surface area (Å²) in [6.07, 6.45) is 0.459. The molecule has 20 heavy (non-hydrogen) atoms. The van der Waals surface area contributed by atoms with Crippen LogP contribution in [0, 0.1) is 6.92 Å². The molecule has 0 aliphatic carbocycles. The van der Waals surface area contributed by atoms with Gasteiger partial charge in [-0.25, -0.2) is 9.78 Å². The summed E-state index contributed by atoms with van der Waals surface area (Å²) in [5, 5.41) is 28.7. The second kappa shape index (κ2) is 5.22. The highest BCUT2D eigenvalue weighted by Gasteiger charge is 2.33. The van der Waals surface area contributed by atoms with Crippen molar-refractivity contribution in [3.05, 3.63) is 29.6 Å². The lowest BCUT2D eigenvalue weighted by molar-refractivity contribution is 0.0602. The number of carboxylic acid groups (broad SMARTS) is 1. The molecule has 108 valence electrons. The summed E-state index contributed by atoms with van der Waals surface area (Å²) < 4.78 is 1.64. The Labute approximate surface area is 116 Å². The van der Waals surface area contributed by atoms with Gasteiger partial charge in [-0.2, -0.15) is 0 Å². The van der Waals surface area contributed by atoms with Gasteiger partial charge in [-0.05, 0) is 25.5 Å². The first-order valence-corrected chi connectivity index (χ1v) is 6.44. The highest BCUT2D eigenvalue weighted by atomic mass is 16.4. The molecule has 0 atom stereocenters. The van der Waals surface area contributed by atoms with Crippen LogP contribution in [0.1, 0.15) is 29.5 Å². The molecule has 1 aromatic heterocycles. The Bertz CT molecular complexity index is 636. The molecule has 2 rings (SSSR count). The molecule has 0 unspecified atom stereocenters. The fourth-order valence-corrected chi connectivity index (χ4v) is 2.57. The molecule has 0 spiro atoms. The first kappa shape index (κ1) is 14.5. The number of fused-ring (bicyclic) bond motifs is 1. The van der Waals surface area contributed by atoms with Crippen LogP contribution >= 0.6 is 0 Å². The van der Waals surface area contributed by atoms with Crippen molar-refractivity contribution in [2.24, 2.45) is 0 Å². The number of aromatic nitrogens is 2. The first-order valence-electron chi connectivity index (χ1n) is 6.44. The Balaban J connectivity index is 2.88. The number of aryl methyl sites for hydroxylation is 1. The number of benzene rings is 1. The summed E-state index contributed by atoms with van der Waals surface area (Å²) >= 11 is 0. The van der Waals surface area contributed by atoms with E-state index in [1.54, 1.807) is 23.6 Å². The molecular weight excluding hydrogens is 260 g/mol. The van der Waals surface area contributed by atoms with Crippen LogP contribution in [0.5, 0.6) is 0 Å². The molecule has 2 aromatic rings. The van der Waals surface area contributed by atoms with Crippen LogP contribution in [0.3, 0.4) is 0 Å². The third-order valence-electron chi connectivity index (χ3n) is 3.80. The third kappa shape index (κ3) is 1.97. The fraction of sp³-hybridized carbons (Fsp3) is 0.429. The summed E-state index contributed by atoms with van der Waals surface area (Å²) in [6.45, 7) is 2.99. The molecule has 6 nitrogen and oxygen atoms in total. The summed E-state index contributed by atoms with van der Waals surface area (Å²) in [5.41, 5.74) is 0.136. The number of rotatable bonds is 5. The number of hydrogen-bond acceptors (Lipinski definition) is 4. The predicted molar refractivity (Wildman–Crippen MR) is 73.9 cm³/mol. The summed E-state index contributed by atoms with van der Waals surface area (Å²) in [4.78, 5) is 15.7. The lowest BCUT2D eigenvalue weighted by Crippen LogP contribution is -2.41. The van der Waals surface area contributed by atoms with Gasteiger partial charge in [-0.3, -0.25) is 0 Å². The minimum Gasteiger partial charge on any atom is -0.478 e. The lowest BCUT2D eigenvalue weighted by Gasteiger charge is -2.32. The molecule has 6 heteroatoms. The number of para-hydroxylation sites is 1. The minimum absolute atomic E-state index is 0.114. The number of aliphatic hydroxyl groups excluding tert-OH is 2. The van der Waals surface area contributed by atoms with E-state index >= 15 is 0 Å². The van der Waals surface area contributed by atoms with Crippen molar-refractivity contribution in [2.45, 2.75) is 25.8 Å².